The van der Waals surface area contributed by atoms with Crippen molar-refractivity contribution in [3.63, 3.8) is 0 Å². The van der Waals surface area contributed by atoms with Crippen molar-refractivity contribution in [3.8, 4) is 56.4 Å². The molecule has 59 heavy (non-hydrogen) atoms. The Morgan fingerprint density at radius 1 is 0.339 bits per heavy atom. The van der Waals surface area contributed by atoms with Crippen LogP contribution in [0.3, 0.4) is 0 Å². The number of hydrogen-bond donors (Lipinski definition) is 0. The molecule has 0 saturated heterocycles. The first-order valence-electron chi connectivity index (χ1n) is 20.2. The van der Waals surface area contributed by atoms with Crippen LogP contribution in [0.25, 0.3) is 109 Å². The van der Waals surface area contributed by atoms with Gasteiger partial charge in [0, 0.05) is 36.9 Å². The average Bonchev–Trinajstić information content (AvgIpc) is 3.68. The molecule has 0 spiro atoms. The summed E-state index contributed by atoms with van der Waals surface area (Å²) in [6.45, 7) is 6.84. The zero-order valence-electron chi connectivity index (χ0n) is 33.1. The molecule has 3 nitrogen and oxygen atoms in total. The summed E-state index contributed by atoms with van der Waals surface area (Å²) in [5.41, 5.74) is 8.84. The van der Waals surface area contributed by atoms with Gasteiger partial charge in [0.05, 0.1) is 0 Å². The third kappa shape index (κ3) is 6.07. The third-order valence-corrected chi connectivity index (χ3v) is 12.9. The lowest BCUT2D eigenvalue weighted by atomic mass is 9.84. The first-order chi connectivity index (χ1) is 28.9. The SMILES string of the molecule is CC(C)(C)c1ccc2c3ccc(-c4nc(-c5ccccc5-c5ccc(-c6ccccc6)cc5)nc(-c5cccc6c5sc5ccccc56)n4)cc3c3ccccc3c2c1. The topological polar surface area (TPSA) is 38.7 Å². The van der Waals surface area contributed by atoms with Crippen LogP contribution in [0.5, 0.6) is 0 Å². The maximum atomic E-state index is 5.34. The van der Waals surface area contributed by atoms with E-state index in [1.165, 1.54) is 69.2 Å². The summed E-state index contributed by atoms with van der Waals surface area (Å²) in [5.74, 6) is 1.95. The standard InChI is InChI=1S/C55H39N3S/c1-55(2,3)38-29-31-43-42-30-28-37(32-48(42)40-17-8-9-18-41(40)49(43)33-38)52-56-53(58-54(57-52)47-22-13-21-45-44-19-11-12-23-50(44)59-51(45)47)46-20-10-7-16-39(46)36-26-24-35(25-27-36)34-14-5-4-6-15-34/h4-33H,1-3H3. The Morgan fingerprint density at radius 2 is 0.847 bits per heavy atom. The predicted molar refractivity (Wildman–Crippen MR) is 251 cm³/mol. The molecule has 0 amide bonds. The summed E-state index contributed by atoms with van der Waals surface area (Å²) >= 11 is 1.79. The number of hydrogen-bond acceptors (Lipinski definition) is 4. The molecular weight excluding hydrogens is 735 g/mol. The van der Waals surface area contributed by atoms with Gasteiger partial charge in [-0.1, -0.05) is 178 Å². The van der Waals surface area contributed by atoms with Gasteiger partial charge in [-0.2, -0.15) is 0 Å². The maximum Gasteiger partial charge on any atom is 0.165 e. The second-order valence-electron chi connectivity index (χ2n) is 16.4. The smallest absolute Gasteiger partial charge is 0.165 e. The quantitative estimate of drug-likeness (QED) is 0.164. The summed E-state index contributed by atoms with van der Waals surface area (Å²) < 4.78 is 2.42. The van der Waals surface area contributed by atoms with E-state index in [0.29, 0.717) is 17.5 Å². The van der Waals surface area contributed by atoms with E-state index in [0.717, 1.165) is 27.8 Å². The van der Waals surface area contributed by atoms with E-state index in [9.17, 15) is 0 Å². The van der Waals surface area contributed by atoms with Gasteiger partial charge in [0.2, 0.25) is 0 Å². The summed E-state index contributed by atoms with van der Waals surface area (Å²) in [6.07, 6.45) is 0. The fraction of sp³-hybridized carbons (Fsp3) is 0.0727. The lowest BCUT2D eigenvalue weighted by Crippen LogP contribution is -2.10. The number of aromatic nitrogens is 3. The van der Waals surface area contributed by atoms with Crippen LogP contribution in [0.1, 0.15) is 26.3 Å². The first kappa shape index (κ1) is 35.2. The molecule has 9 aromatic carbocycles. The molecule has 11 rings (SSSR count). The van der Waals surface area contributed by atoms with Crippen LogP contribution in [0, 0.1) is 0 Å². The van der Waals surface area contributed by atoms with E-state index >= 15 is 0 Å². The minimum absolute atomic E-state index is 0.0482. The summed E-state index contributed by atoms with van der Waals surface area (Å²) in [7, 11) is 0. The minimum atomic E-state index is 0.0482. The number of thiophene rings is 1. The largest absolute Gasteiger partial charge is 0.208 e. The molecule has 11 aromatic rings. The molecule has 0 aliphatic rings. The molecule has 280 valence electrons. The highest BCUT2D eigenvalue weighted by Gasteiger charge is 2.20. The van der Waals surface area contributed by atoms with E-state index in [2.05, 4.69) is 203 Å². The highest BCUT2D eigenvalue weighted by molar-refractivity contribution is 7.26. The van der Waals surface area contributed by atoms with Gasteiger partial charge >= 0.3 is 0 Å². The Balaban J connectivity index is 1.13. The molecule has 0 atom stereocenters. The molecule has 0 N–H and O–H groups in total. The molecular formula is C55H39N3S. The number of nitrogens with zero attached hydrogens (tertiary/aromatic N) is 3. The molecule has 0 aliphatic heterocycles. The summed E-state index contributed by atoms with van der Waals surface area (Å²) in [6, 6.07) is 65.4. The van der Waals surface area contributed by atoms with Gasteiger partial charge in [-0.25, -0.2) is 15.0 Å². The zero-order chi connectivity index (χ0) is 39.7. The molecule has 0 unspecified atom stereocenters. The van der Waals surface area contributed by atoms with Crippen molar-refractivity contribution in [2.45, 2.75) is 26.2 Å². The Hall–Kier alpha value is -7.01. The lowest BCUT2D eigenvalue weighted by molar-refractivity contribution is 0.591. The van der Waals surface area contributed by atoms with Crippen LogP contribution in [-0.2, 0) is 5.41 Å². The highest BCUT2D eigenvalue weighted by Crippen LogP contribution is 2.42. The molecule has 4 heteroatoms. The van der Waals surface area contributed by atoms with Crippen LogP contribution >= 0.6 is 11.3 Å². The zero-order valence-corrected chi connectivity index (χ0v) is 33.9. The number of benzene rings is 9. The molecule has 0 bridgehead atoms. The fourth-order valence-corrected chi connectivity index (χ4v) is 9.85. The van der Waals surface area contributed by atoms with Crippen LogP contribution in [0.15, 0.2) is 182 Å². The van der Waals surface area contributed by atoms with Gasteiger partial charge in [-0.15, -0.1) is 11.3 Å². The lowest BCUT2D eigenvalue weighted by Gasteiger charge is -2.21. The molecule has 0 saturated carbocycles. The van der Waals surface area contributed by atoms with Crippen molar-refractivity contribution < 1.29 is 0 Å². The molecule has 2 aromatic heterocycles. The molecule has 0 radical (unpaired) electrons. The first-order valence-corrected chi connectivity index (χ1v) is 21.0. The van der Waals surface area contributed by atoms with Gasteiger partial charge < -0.3 is 0 Å². The van der Waals surface area contributed by atoms with Crippen LogP contribution in [0.2, 0.25) is 0 Å². The van der Waals surface area contributed by atoms with Crippen molar-refractivity contribution >= 4 is 63.8 Å². The van der Waals surface area contributed by atoms with Gasteiger partial charge in [0.15, 0.2) is 17.5 Å². The van der Waals surface area contributed by atoms with Gasteiger partial charge in [-0.05, 0) is 89.8 Å². The second-order valence-corrected chi connectivity index (χ2v) is 17.4. The van der Waals surface area contributed by atoms with E-state index in [1.54, 1.807) is 11.3 Å². The van der Waals surface area contributed by atoms with Crippen molar-refractivity contribution in [1.29, 1.82) is 0 Å². The fourth-order valence-electron chi connectivity index (χ4n) is 8.63. The summed E-state index contributed by atoms with van der Waals surface area (Å²) in [4.78, 5) is 16.0. The van der Waals surface area contributed by atoms with E-state index in [-0.39, 0.29) is 5.41 Å². The second kappa shape index (κ2) is 13.8. The monoisotopic (exact) mass is 773 g/mol. The Bertz CT molecular complexity index is 3390. The van der Waals surface area contributed by atoms with Gasteiger partial charge in [0.25, 0.3) is 0 Å². The Morgan fingerprint density at radius 3 is 1.59 bits per heavy atom. The Labute approximate surface area is 347 Å². The molecule has 0 fully saturated rings. The minimum Gasteiger partial charge on any atom is -0.208 e. The van der Waals surface area contributed by atoms with Crippen LogP contribution < -0.4 is 0 Å². The average molecular weight is 774 g/mol. The Kier molecular flexibility index (Phi) is 8.25. The number of fused-ring (bicyclic) bond motifs is 9. The normalized spacial score (nSPS) is 12.0. The summed E-state index contributed by atoms with van der Waals surface area (Å²) in [5, 5.41) is 9.86. The van der Waals surface area contributed by atoms with Gasteiger partial charge in [0.1, 0.15) is 0 Å². The van der Waals surface area contributed by atoms with Crippen molar-refractivity contribution in [1.82, 2.24) is 15.0 Å². The van der Waals surface area contributed by atoms with E-state index in [1.807, 2.05) is 0 Å². The van der Waals surface area contributed by atoms with Crippen molar-refractivity contribution in [3.05, 3.63) is 188 Å². The maximum absolute atomic E-state index is 5.34. The van der Waals surface area contributed by atoms with Crippen LogP contribution in [-0.4, -0.2) is 15.0 Å². The molecule has 2 heterocycles. The third-order valence-electron chi connectivity index (χ3n) is 11.7. The highest BCUT2D eigenvalue weighted by atomic mass is 32.1. The van der Waals surface area contributed by atoms with E-state index < -0.39 is 0 Å². The predicted octanol–water partition coefficient (Wildman–Crippen LogP) is 15.3. The molecule has 0 aliphatic carbocycles. The van der Waals surface area contributed by atoms with E-state index in [4.69, 9.17) is 15.0 Å². The van der Waals surface area contributed by atoms with Crippen molar-refractivity contribution in [2.75, 3.05) is 0 Å². The number of rotatable bonds is 5. The van der Waals surface area contributed by atoms with Crippen LogP contribution in [0.4, 0.5) is 0 Å². The van der Waals surface area contributed by atoms with Crippen molar-refractivity contribution in [2.24, 2.45) is 0 Å². The van der Waals surface area contributed by atoms with Gasteiger partial charge in [-0.3, -0.25) is 0 Å².